The van der Waals surface area contributed by atoms with Crippen molar-refractivity contribution < 1.29 is 8.42 Å². The lowest BCUT2D eigenvalue weighted by Gasteiger charge is -2.09. The van der Waals surface area contributed by atoms with Gasteiger partial charge in [0.25, 0.3) is 0 Å². The molecule has 0 amide bonds. The predicted molar refractivity (Wildman–Crippen MR) is 61.3 cm³/mol. The number of hydrogen-bond donors (Lipinski definition) is 1. The Kier molecular flexibility index (Phi) is 7.19. The number of sulfone groups is 1. The lowest BCUT2D eigenvalue weighted by atomic mass is 10.2. The number of nitrogens with one attached hydrogen (secondary N) is 1. The number of rotatable bonds is 8. The van der Waals surface area contributed by atoms with E-state index in [0.717, 1.165) is 25.8 Å². The topological polar surface area (TPSA) is 46.2 Å². The van der Waals surface area contributed by atoms with E-state index in [0.29, 0.717) is 17.4 Å². The molecule has 0 aromatic rings. The molecule has 0 fully saturated rings. The molecule has 86 valence electrons. The van der Waals surface area contributed by atoms with E-state index in [9.17, 15) is 8.42 Å². The van der Waals surface area contributed by atoms with Crippen LogP contribution in [0.15, 0.2) is 0 Å². The Labute approximate surface area is 88.2 Å². The third-order valence-electron chi connectivity index (χ3n) is 2.37. The van der Waals surface area contributed by atoms with Crippen molar-refractivity contribution in [3.05, 3.63) is 0 Å². The van der Waals surface area contributed by atoms with Crippen LogP contribution in [0.25, 0.3) is 0 Å². The Hall–Kier alpha value is -0.0900. The van der Waals surface area contributed by atoms with Gasteiger partial charge >= 0.3 is 0 Å². The summed E-state index contributed by atoms with van der Waals surface area (Å²) >= 11 is 0. The standard InChI is InChI=1S/C10H23NO2S/c1-4-10(2)9-14(12,13)8-6-5-7-11-3/h10-11H,4-9H2,1-3H3. The monoisotopic (exact) mass is 221 g/mol. The fourth-order valence-electron chi connectivity index (χ4n) is 1.26. The summed E-state index contributed by atoms with van der Waals surface area (Å²) in [5.41, 5.74) is 0. The van der Waals surface area contributed by atoms with Crippen LogP contribution in [0.5, 0.6) is 0 Å². The van der Waals surface area contributed by atoms with E-state index < -0.39 is 9.84 Å². The van der Waals surface area contributed by atoms with Crippen molar-refractivity contribution in [3.8, 4) is 0 Å². The van der Waals surface area contributed by atoms with Crippen molar-refractivity contribution in [2.75, 3.05) is 25.1 Å². The van der Waals surface area contributed by atoms with E-state index >= 15 is 0 Å². The zero-order chi connectivity index (χ0) is 11.0. The molecule has 0 saturated heterocycles. The summed E-state index contributed by atoms with van der Waals surface area (Å²) < 4.78 is 23.1. The Morgan fingerprint density at radius 1 is 1.29 bits per heavy atom. The lowest BCUT2D eigenvalue weighted by molar-refractivity contribution is 0.560. The summed E-state index contributed by atoms with van der Waals surface area (Å²) in [6.45, 7) is 4.92. The van der Waals surface area contributed by atoms with Crippen molar-refractivity contribution in [1.29, 1.82) is 0 Å². The van der Waals surface area contributed by atoms with Crippen molar-refractivity contribution in [1.82, 2.24) is 5.32 Å². The molecule has 0 spiro atoms. The van der Waals surface area contributed by atoms with Crippen LogP contribution in [0.4, 0.5) is 0 Å². The second-order valence-corrected chi connectivity index (χ2v) is 6.17. The van der Waals surface area contributed by atoms with Crippen LogP contribution in [0.2, 0.25) is 0 Å². The highest BCUT2D eigenvalue weighted by molar-refractivity contribution is 7.91. The van der Waals surface area contributed by atoms with Gasteiger partial charge in [0.1, 0.15) is 0 Å². The van der Waals surface area contributed by atoms with Crippen LogP contribution in [0.3, 0.4) is 0 Å². The number of hydrogen-bond acceptors (Lipinski definition) is 3. The summed E-state index contributed by atoms with van der Waals surface area (Å²) in [5, 5.41) is 3.01. The van der Waals surface area contributed by atoms with E-state index in [1.165, 1.54) is 0 Å². The minimum absolute atomic E-state index is 0.296. The maximum absolute atomic E-state index is 11.5. The van der Waals surface area contributed by atoms with Gasteiger partial charge < -0.3 is 5.32 Å². The average molecular weight is 221 g/mol. The third-order valence-corrected chi connectivity index (χ3v) is 4.36. The second-order valence-electron chi connectivity index (χ2n) is 3.94. The maximum Gasteiger partial charge on any atom is 0.150 e. The first-order valence-corrected chi connectivity index (χ1v) is 7.19. The molecule has 0 aromatic carbocycles. The second kappa shape index (κ2) is 7.23. The summed E-state index contributed by atoms with van der Waals surface area (Å²) in [7, 11) is -0.919. The molecule has 3 nitrogen and oxygen atoms in total. The van der Waals surface area contributed by atoms with Crippen molar-refractivity contribution >= 4 is 9.84 Å². The van der Waals surface area contributed by atoms with Crippen LogP contribution in [0.1, 0.15) is 33.1 Å². The van der Waals surface area contributed by atoms with Gasteiger partial charge in [0.2, 0.25) is 0 Å². The summed E-state index contributed by atoms with van der Waals surface area (Å²) in [6, 6.07) is 0. The zero-order valence-corrected chi connectivity index (χ0v) is 10.4. The molecule has 0 saturated carbocycles. The predicted octanol–water partition coefficient (Wildman–Crippen LogP) is 1.45. The van der Waals surface area contributed by atoms with E-state index in [-0.39, 0.29) is 0 Å². The molecular formula is C10H23NO2S. The Morgan fingerprint density at radius 3 is 2.43 bits per heavy atom. The average Bonchev–Trinajstić information content (AvgIpc) is 2.12. The minimum Gasteiger partial charge on any atom is -0.320 e. The Balaban J connectivity index is 3.73. The SMILES string of the molecule is CCC(C)CS(=O)(=O)CCCCNC. The molecule has 0 aliphatic rings. The summed E-state index contributed by atoms with van der Waals surface area (Å²) in [5.74, 6) is 0.992. The zero-order valence-electron chi connectivity index (χ0n) is 9.54. The van der Waals surface area contributed by atoms with Crippen molar-refractivity contribution in [2.24, 2.45) is 5.92 Å². The Bertz CT molecular complexity index is 224. The summed E-state index contributed by atoms with van der Waals surface area (Å²) in [4.78, 5) is 0. The van der Waals surface area contributed by atoms with E-state index in [1.807, 2.05) is 20.9 Å². The van der Waals surface area contributed by atoms with E-state index in [4.69, 9.17) is 0 Å². The third kappa shape index (κ3) is 7.33. The quantitative estimate of drug-likeness (QED) is 0.631. The van der Waals surface area contributed by atoms with Crippen LogP contribution in [-0.2, 0) is 9.84 Å². The molecule has 14 heavy (non-hydrogen) atoms. The van der Waals surface area contributed by atoms with Crippen LogP contribution >= 0.6 is 0 Å². The van der Waals surface area contributed by atoms with Gasteiger partial charge in [0.15, 0.2) is 9.84 Å². The van der Waals surface area contributed by atoms with Gasteiger partial charge in [-0.25, -0.2) is 8.42 Å². The van der Waals surface area contributed by atoms with Gasteiger partial charge in [-0.05, 0) is 32.4 Å². The van der Waals surface area contributed by atoms with Gasteiger partial charge in [0, 0.05) is 0 Å². The molecular weight excluding hydrogens is 198 g/mol. The van der Waals surface area contributed by atoms with Gasteiger partial charge in [-0.1, -0.05) is 20.3 Å². The normalized spacial score (nSPS) is 14.2. The molecule has 0 heterocycles. The van der Waals surface area contributed by atoms with Crippen molar-refractivity contribution in [2.45, 2.75) is 33.1 Å². The minimum atomic E-state index is -2.80. The number of unbranched alkanes of at least 4 members (excludes halogenated alkanes) is 1. The smallest absolute Gasteiger partial charge is 0.150 e. The molecule has 4 heteroatoms. The van der Waals surface area contributed by atoms with Crippen LogP contribution in [0, 0.1) is 5.92 Å². The van der Waals surface area contributed by atoms with Gasteiger partial charge in [-0.2, -0.15) is 0 Å². The first kappa shape index (κ1) is 13.9. The van der Waals surface area contributed by atoms with Crippen LogP contribution in [-0.4, -0.2) is 33.5 Å². The fourth-order valence-corrected chi connectivity index (χ4v) is 3.17. The molecule has 0 radical (unpaired) electrons. The highest BCUT2D eigenvalue weighted by atomic mass is 32.2. The molecule has 0 bridgehead atoms. The Morgan fingerprint density at radius 2 is 1.93 bits per heavy atom. The molecule has 1 atom stereocenters. The molecule has 0 aliphatic carbocycles. The largest absolute Gasteiger partial charge is 0.320 e. The fraction of sp³-hybridized carbons (Fsp3) is 1.00. The lowest BCUT2D eigenvalue weighted by Crippen LogP contribution is -2.17. The first-order valence-electron chi connectivity index (χ1n) is 5.37. The van der Waals surface area contributed by atoms with Crippen LogP contribution < -0.4 is 5.32 Å². The van der Waals surface area contributed by atoms with E-state index in [2.05, 4.69) is 5.32 Å². The summed E-state index contributed by atoms with van der Waals surface area (Å²) in [6.07, 6.45) is 2.66. The maximum atomic E-state index is 11.5. The molecule has 1 unspecified atom stereocenters. The first-order chi connectivity index (χ1) is 6.52. The molecule has 1 N–H and O–H groups in total. The molecule has 0 rings (SSSR count). The van der Waals surface area contributed by atoms with E-state index in [1.54, 1.807) is 0 Å². The molecule has 0 aliphatic heterocycles. The highest BCUT2D eigenvalue weighted by Crippen LogP contribution is 2.07. The highest BCUT2D eigenvalue weighted by Gasteiger charge is 2.13. The van der Waals surface area contributed by atoms with Gasteiger partial charge in [-0.15, -0.1) is 0 Å². The van der Waals surface area contributed by atoms with Gasteiger partial charge in [-0.3, -0.25) is 0 Å². The van der Waals surface area contributed by atoms with Gasteiger partial charge in [0.05, 0.1) is 11.5 Å². The van der Waals surface area contributed by atoms with Crippen molar-refractivity contribution in [3.63, 3.8) is 0 Å². The molecule has 0 aromatic heterocycles.